The van der Waals surface area contributed by atoms with Crippen molar-refractivity contribution in [3.05, 3.63) is 29.8 Å². The van der Waals surface area contributed by atoms with Crippen molar-refractivity contribution in [2.75, 3.05) is 5.32 Å². The van der Waals surface area contributed by atoms with Crippen LogP contribution in [0.2, 0.25) is 0 Å². The van der Waals surface area contributed by atoms with Gasteiger partial charge in [0.05, 0.1) is 18.7 Å². The maximum atomic E-state index is 12.0. The molecular weight excluding hydrogens is 338 g/mol. The number of ether oxygens (including phenoxy) is 1. The lowest BCUT2D eigenvalue weighted by atomic mass is 10.0. The number of H-pyrrole nitrogens is 1. The smallest absolute Gasteiger partial charge is 0.407 e. The van der Waals surface area contributed by atoms with E-state index >= 15 is 0 Å². The van der Waals surface area contributed by atoms with Crippen molar-refractivity contribution in [3.63, 3.8) is 0 Å². The number of hydrogen-bond donors (Lipinski definition) is 3. The Labute approximate surface area is 150 Å². The number of alkyl carbamates (subject to hydrolysis) is 1. The van der Waals surface area contributed by atoms with Crippen LogP contribution in [0, 0.1) is 0 Å². The predicted molar refractivity (Wildman–Crippen MR) is 92.6 cm³/mol. The van der Waals surface area contributed by atoms with E-state index in [1.54, 1.807) is 6.07 Å². The first-order chi connectivity index (χ1) is 12.5. The maximum Gasteiger partial charge on any atom is 0.407 e. The molecule has 0 radical (unpaired) electrons. The molecule has 3 rings (SSSR count). The lowest BCUT2D eigenvalue weighted by molar-refractivity contribution is -0.115. The predicted octanol–water partition coefficient (Wildman–Crippen LogP) is 2.35. The molecule has 2 atom stereocenters. The number of nitrogens with one attached hydrogen (secondary N) is 3. The summed E-state index contributed by atoms with van der Waals surface area (Å²) in [4.78, 5) is 23.7. The first-order valence-corrected chi connectivity index (χ1v) is 8.71. The molecule has 9 nitrogen and oxygen atoms in total. The lowest BCUT2D eigenvalue weighted by Crippen LogP contribution is -2.34. The van der Waals surface area contributed by atoms with Crippen LogP contribution in [0.3, 0.4) is 0 Å². The summed E-state index contributed by atoms with van der Waals surface area (Å²) in [5.41, 5.74) is 0.946. The van der Waals surface area contributed by atoms with Crippen molar-refractivity contribution in [1.82, 2.24) is 20.7 Å². The first-order valence-electron chi connectivity index (χ1n) is 8.71. The molecule has 2 aromatic heterocycles. The van der Waals surface area contributed by atoms with E-state index in [0.29, 0.717) is 11.6 Å². The molecule has 2 heterocycles. The van der Waals surface area contributed by atoms with Gasteiger partial charge in [-0.1, -0.05) is 5.16 Å². The highest BCUT2D eigenvalue weighted by molar-refractivity contribution is 5.91. The van der Waals surface area contributed by atoms with E-state index in [1.165, 1.54) is 6.20 Å². The number of hydrogen-bond acceptors (Lipinski definition) is 6. The lowest BCUT2D eigenvalue weighted by Gasteiger charge is -2.14. The van der Waals surface area contributed by atoms with E-state index in [1.807, 2.05) is 19.9 Å². The maximum absolute atomic E-state index is 12.0. The van der Waals surface area contributed by atoms with Gasteiger partial charge in [0.15, 0.2) is 5.82 Å². The number of carbonyl (C=O) groups is 2. The van der Waals surface area contributed by atoms with E-state index in [-0.39, 0.29) is 36.5 Å². The minimum atomic E-state index is -0.379. The molecule has 3 N–H and O–H groups in total. The molecule has 140 valence electrons. The van der Waals surface area contributed by atoms with Gasteiger partial charge in [-0.05, 0) is 33.1 Å². The Bertz CT molecular complexity index is 740. The molecule has 2 unspecified atom stereocenters. The van der Waals surface area contributed by atoms with Gasteiger partial charge in [0.2, 0.25) is 5.91 Å². The minimum absolute atomic E-state index is 0.0824. The molecule has 0 aromatic carbocycles. The van der Waals surface area contributed by atoms with Crippen LogP contribution in [-0.2, 0) is 16.0 Å². The van der Waals surface area contributed by atoms with Crippen LogP contribution in [0.1, 0.15) is 50.5 Å². The Morgan fingerprint density at radius 2 is 2.27 bits per heavy atom. The fourth-order valence-corrected chi connectivity index (χ4v) is 3.10. The van der Waals surface area contributed by atoms with Crippen molar-refractivity contribution >= 4 is 17.8 Å². The second-order valence-electron chi connectivity index (χ2n) is 6.72. The van der Waals surface area contributed by atoms with E-state index < -0.39 is 0 Å². The zero-order valence-corrected chi connectivity index (χ0v) is 14.8. The number of amides is 2. The van der Waals surface area contributed by atoms with Gasteiger partial charge in [-0.25, -0.2) is 4.79 Å². The summed E-state index contributed by atoms with van der Waals surface area (Å²) in [5, 5.41) is 16.3. The zero-order valence-electron chi connectivity index (χ0n) is 14.8. The summed E-state index contributed by atoms with van der Waals surface area (Å²) in [7, 11) is 0. The van der Waals surface area contributed by atoms with Crippen LogP contribution in [0.25, 0.3) is 0 Å². The Kier molecular flexibility index (Phi) is 5.55. The highest BCUT2D eigenvalue weighted by Crippen LogP contribution is 2.34. The highest BCUT2D eigenvalue weighted by Gasteiger charge is 2.29. The fourth-order valence-electron chi connectivity index (χ4n) is 3.10. The highest BCUT2D eigenvalue weighted by atomic mass is 16.6. The van der Waals surface area contributed by atoms with Gasteiger partial charge in [0, 0.05) is 29.8 Å². The topological polar surface area (TPSA) is 122 Å². The molecule has 2 aromatic rings. The molecule has 0 bridgehead atoms. The molecule has 0 saturated heterocycles. The minimum Gasteiger partial charge on any atom is -0.447 e. The average molecular weight is 361 g/mol. The zero-order chi connectivity index (χ0) is 18.5. The summed E-state index contributed by atoms with van der Waals surface area (Å²) < 4.78 is 10.0. The van der Waals surface area contributed by atoms with Crippen LogP contribution in [0.15, 0.2) is 22.9 Å². The van der Waals surface area contributed by atoms with Crippen LogP contribution >= 0.6 is 0 Å². The van der Waals surface area contributed by atoms with Gasteiger partial charge in [-0.15, -0.1) is 0 Å². The third kappa shape index (κ3) is 4.84. The second kappa shape index (κ2) is 8.03. The molecule has 0 aliphatic heterocycles. The average Bonchev–Trinajstić information content (AvgIpc) is 3.27. The van der Waals surface area contributed by atoms with Crippen LogP contribution in [0.5, 0.6) is 0 Å². The summed E-state index contributed by atoms with van der Waals surface area (Å²) in [5.74, 6) is 1.00. The third-order valence-corrected chi connectivity index (χ3v) is 4.23. The number of carbonyl (C=O) groups excluding carboxylic acids is 2. The molecule has 1 saturated carbocycles. The molecule has 9 heteroatoms. The number of aromatic amines is 1. The van der Waals surface area contributed by atoms with Crippen molar-refractivity contribution in [2.45, 2.75) is 57.6 Å². The second-order valence-corrected chi connectivity index (χ2v) is 6.72. The van der Waals surface area contributed by atoms with Crippen molar-refractivity contribution in [2.24, 2.45) is 0 Å². The number of rotatable bonds is 6. The first kappa shape index (κ1) is 18.0. The fraction of sp³-hybridized carbons (Fsp3) is 0.529. The van der Waals surface area contributed by atoms with Gasteiger partial charge in [0.25, 0.3) is 0 Å². The van der Waals surface area contributed by atoms with Crippen LogP contribution in [-0.4, -0.2) is 39.5 Å². The van der Waals surface area contributed by atoms with Crippen LogP contribution in [0.4, 0.5) is 10.6 Å². The summed E-state index contributed by atoms with van der Waals surface area (Å²) in [6.07, 6.45) is 3.70. The quantitative estimate of drug-likeness (QED) is 0.726. The Morgan fingerprint density at radius 3 is 3.00 bits per heavy atom. The van der Waals surface area contributed by atoms with Gasteiger partial charge < -0.3 is 19.9 Å². The van der Waals surface area contributed by atoms with Gasteiger partial charge >= 0.3 is 6.09 Å². The summed E-state index contributed by atoms with van der Waals surface area (Å²) in [6.45, 7) is 3.64. The van der Waals surface area contributed by atoms with E-state index in [9.17, 15) is 9.59 Å². The Balaban J connectivity index is 1.49. The Hall–Kier alpha value is -2.84. The molecule has 2 amide bonds. The number of aromatic nitrogens is 3. The largest absolute Gasteiger partial charge is 0.447 e. The molecule has 1 aliphatic rings. The van der Waals surface area contributed by atoms with Crippen molar-refractivity contribution < 1.29 is 18.8 Å². The monoisotopic (exact) mass is 361 g/mol. The van der Waals surface area contributed by atoms with E-state index in [2.05, 4.69) is 26.0 Å². The molecule has 1 fully saturated rings. The van der Waals surface area contributed by atoms with E-state index in [0.717, 1.165) is 25.0 Å². The number of anilines is 1. The molecule has 26 heavy (non-hydrogen) atoms. The van der Waals surface area contributed by atoms with Crippen molar-refractivity contribution in [1.29, 1.82) is 0 Å². The van der Waals surface area contributed by atoms with Crippen molar-refractivity contribution in [3.8, 4) is 0 Å². The van der Waals surface area contributed by atoms with E-state index in [4.69, 9.17) is 9.26 Å². The third-order valence-electron chi connectivity index (χ3n) is 4.23. The summed E-state index contributed by atoms with van der Waals surface area (Å²) in [6, 6.07) is 3.56. The summed E-state index contributed by atoms with van der Waals surface area (Å²) >= 11 is 0. The Morgan fingerprint density at radius 1 is 1.42 bits per heavy atom. The SMILES string of the molecule is CC(C)OC(=O)NC1CCC(c2cc(NC(=O)Cc3ccno3)n[nH]2)C1. The molecule has 1 aliphatic carbocycles. The van der Waals surface area contributed by atoms with Crippen LogP contribution < -0.4 is 10.6 Å². The molecular formula is C17H23N5O4. The van der Waals surface area contributed by atoms with Gasteiger partial charge in [0.1, 0.15) is 5.76 Å². The molecule has 0 spiro atoms. The standard InChI is InChI=1S/C17H23N5O4/c1-10(2)25-17(24)19-12-4-3-11(7-12)14-9-15(22-21-14)20-16(23)8-13-5-6-18-26-13/h5-6,9-12H,3-4,7-8H2,1-2H3,(H,19,24)(H2,20,21,22,23). The van der Waals surface area contributed by atoms with Gasteiger partial charge in [-0.2, -0.15) is 5.10 Å². The normalized spacial score (nSPS) is 19.5. The number of nitrogens with zero attached hydrogens (tertiary/aromatic N) is 2. The van der Waals surface area contributed by atoms with Gasteiger partial charge in [-0.3, -0.25) is 9.89 Å².